The molecule has 1 aliphatic heterocycles. The molecule has 1 aromatic carbocycles. The number of piperazine rings is 1. The number of nitriles is 1. The van der Waals surface area contributed by atoms with E-state index in [1.165, 1.54) is 0 Å². The number of hydrogen-bond acceptors (Lipinski definition) is 4. The first-order valence-corrected chi connectivity index (χ1v) is 5.92. The number of benzene rings is 1. The quantitative estimate of drug-likeness (QED) is 0.898. The van der Waals surface area contributed by atoms with Crippen LogP contribution in [0.2, 0.25) is 0 Å². The molecule has 1 fully saturated rings. The van der Waals surface area contributed by atoms with Crippen molar-refractivity contribution in [1.29, 1.82) is 5.26 Å². The molecule has 0 unspecified atom stereocenters. The van der Waals surface area contributed by atoms with Gasteiger partial charge < -0.3 is 10.4 Å². The minimum Gasteiger partial charge on any atom is -0.508 e. The smallest absolute Gasteiger partial charge is 0.115 e. The van der Waals surface area contributed by atoms with Crippen molar-refractivity contribution in [3.05, 3.63) is 29.8 Å². The second-order valence-electron chi connectivity index (χ2n) is 4.26. The van der Waals surface area contributed by atoms with Gasteiger partial charge in [-0.15, -0.1) is 24.8 Å². The van der Waals surface area contributed by atoms with Gasteiger partial charge in [-0.1, -0.05) is 12.1 Å². The van der Waals surface area contributed by atoms with Crippen LogP contribution in [0.3, 0.4) is 0 Å². The Hall–Kier alpha value is -0.990. The first kappa shape index (κ1) is 18.0. The van der Waals surface area contributed by atoms with E-state index in [0.717, 1.165) is 31.7 Å². The Kier molecular flexibility index (Phi) is 8.53. The molecule has 6 heteroatoms. The van der Waals surface area contributed by atoms with Crippen molar-refractivity contribution in [1.82, 2.24) is 10.2 Å². The van der Waals surface area contributed by atoms with E-state index < -0.39 is 0 Å². The first-order chi connectivity index (χ1) is 8.31. The minimum atomic E-state index is 0. The second kappa shape index (κ2) is 9.00. The van der Waals surface area contributed by atoms with Crippen LogP contribution in [0.4, 0.5) is 0 Å². The molecule has 2 N–H and O–H groups in total. The standard InChI is InChI=1S/C13H17N3O.2ClH/c14-6-5-13(16-9-7-15-8-10-16)11-1-3-12(17)4-2-11;;/h1-4,13,15,17H,5,7-10H2;2*1H/t13-;;/m1../s1. The predicted octanol–water partition coefficient (Wildman–Crippen LogP) is 2.10. The van der Waals surface area contributed by atoms with Gasteiger partial charge in [0.1, 0.15) is 5.75 Å². The van der Waals surface area contributed by atoms with E-state index in [4.69, 9.17) is 5.26 Å². The van der Waals surface area contributed by atoms with E-state index in [2.05, 4.69) is 16.3 Å². The SMILES string of the molecule is Cl.Cl.N#CC[C@H](c1ccc(O)cc1)N1CCNCC1. The summed E-state index contributed by atoms with van der Waals surface area (Å²) < 4.78 is 0. The van der Waals surface area contributed by atoms with Crippen molar-refractivity contribution in [2.75, 3.05) is 26.2 Å². The summed E-state index contributed by atoms with van der Waals surface area (Å²) in [5, 5.41) is 21.5. The molecular weight excluding hydrogens is 285 g/mol. The normalized spacial score (nSPS) is 16.6. The van der Waals surface area contributed by atoms with Gasteiger partial charge in [-0.25, -0.2) is 0 Å². The van der Waals surface area contributed by atoms with Crippen LogP contribution < -0.4 is 5.32 Å². The number of phenolic OH excluding ortho intramolecular Hbond substituents is 1. The van der Waals surface area contributed by atoms with E-state index in [0.29, 0.717) is 6.42 Å². The molecule has 1 aliphatic rings. The number of hydrogen-bond donors (Lipinski definition) is 2. The maximum atomic E-state index is 9.29. The van der Waals surface area contributed by atoms with Gasteiger partial charge in [0, 0.05) is 32.2 Å². The van der Waals surface area contributed by atoms with Crippen LogP contribution in [-0.2, 0) is 0 Å². The molecular formula is C13H19Cl2N3O. The summed E-state index contributed by atoms with van der Waals surface area (Å²) >= 11 is 0. The molecule has 0 spiro atoms. The molecule has 0 bridgehead atoms. The average Bonchev–Trinajstić information content (AvgIpc) is 2.38. The monoisotopic (exact) mass is 303 g/mol. The maximum absolute atomic E-state index is 9.29. The first-order valence-electron chi connectivity index (χ1n) is 5.92. The molecule has 4 nitrogen and oxygen atoms in total. The molecule has 1 aromatic rings. The van der Waals surface area contributed by atoms with Gasteiger partial charge in [0.25, 0.3) is 0 Å². The van der Waals surface area contributed by atoms with Crippen LogP contribution in [0.25, 0.3) is 0 Å². The zero-order valence-corrected chi connectivity index (χ0v) is 12.2. The van der Waals surface area contributed by atoms with Crippen LogP contribution >= 0.6 is 24.8 Å². The van der Waals surface area contributed by atoms with Crippen molar-refractivity contribution in [3.63, 3.8) is 0 Å². The van der Waals surface area contributed by atoms with Gasteiger partial charge in [-0.3, -0.25) is 4.90 Å². The lowest BCUT2D eigenvalue weighted by atomic mass is 10.0. The Balaban J connectivity index is 0.00000162. The average molecular weight is 304 g/mol. The van der Waals surface area contributed by atoms with Crippen molar-refractivity contribution in [3.8, 4) is 11.8 Å². The number of rotatable bonds is 3. The van der Waals surface area contributed by atoms with Gasteiger partial charge in [-0.2, -0.15) is 5.26 Å². The van der Waals surface area contributed by atoms with Crippen LogP contribution in [0.5, 0.6) is 5.75 Å². The topological polar surface area (TPSA) is 59.3 Å². The van der Waals surface area contributed by atoms with Crippen LogP contribution in [0.1, 0.15) is 18.0 Å². The van der Waals surface area contributed by atoms with Gasteiger partial charge in [-0.05, 0) is 17.7 Å². The summed E-state index contributed by atoms with van der Waals surface area (Å²) in [6.07, 6.45) is 0.491. The van der Waals surface area contributed by atoms with Gasteiger partial charge in [0.05, 0.1) is 12.5 Å². The molecule has 2 rings (SSSR count). The highest BCUT2D eigenvalue weighted by atomic mass is 35.5. The maximum Gasteiger partial charge on any atom is 0.115 e. The van der Waals surface area contributed by atoms with E-state index >= 15 is 0 Å². The Labute approximate surface area is 126 Å². The number of halogens is 2. The van der Waals surface area contributed by atoms with Crippen LogP contribution in [0, 0.1) is 11.3 Å². The second-order valence-corrected chi connectivity index (χ2v) is 4.26. The largest absolute Gasteiger partial charge is 0.508 e. The zero-order chi connectivity index (χ0) is 12.1. The van der Waals surface area contributed by atoms with E-state index in [1.807, 2.05) is 12.1 Å². The molecule has 1 heterocycles. The highest BCUT2D eigenvalue weighted by Crippen LogP contribution is 2.25. The lowest BCUT2D eigenvalue weighted by Gasteiger charge is -2.34. The molecule has 0 radical (unpaired) electrons. The number of phenols is 1. The molecule has 1 atom stereocenters. The third-order valence-electron chi connectivity index (χ3n) is 3.15. The van der Waals surface area contributed by atoms with Crippen molar-refractivity contribution in [2.45, 2.75) is 12.5 Å². The summed E-state index contributed by atoms with van der Waals surface area (Å²) in [5.41, 5.74) is 1.10. The van der Waals surface area contributed by atoms with Crippen molar-refractivity contribution < 1.29 is 5.11 Å². The molecule has 0 amide bonds. The molecule has 0 saturated carbocycles. The Bertz CT molecular complexity index is 399. The third-order valence-corrected chi connectivity index (χ3v) is 3.15. The Morgan fingerprint density at radius 3 is 2.32 bits per heavy atom. The number of nitrogens with zero attached hydrogens (tertiary/aromatic N) is 2. The summed E-state index contributed by atoms with van der Waals surface area (Å²) in [7, 11) is 0. The minimum absolute atomic E-state index is 0. The summed E-state index contributed by atoms with van der Waals surface area (Å²) in [5.74, 6) is 0.268. The van der Waals surface area contributed by atoms with Crippen LogP contribution in [0.15, 0.2) is 24.3 Å². The highest BCUT2D eigenvalue weighted by Gasteiger charge is 2.21. The number of aromatic hydroxyl groups is 1. The fourth-order valence-corrected chi connectivity index (χ4v) is 2.23. The van der Waals surface area contributed by atoms with Crippen molar-refractivity contribution >= 4 is 24.8 Å². The Morgan fingerprint density at radius 1 is 1.21 bits per heavy atom. The highest BCUT2D eigenvalue weighted by molar-refractivity contribution is 5.85. The molecule has 0 aromatic heterocycles. The molecule has 106 valence electrons. The lowest BCUT2D eigenvalue weighted by molar-refractivity contribution is 0.175. The lowest BCUT2D eigenvalue weighted by Crippen LogP contribution is -2.45. The number of nitrogens with one attached hydrogen (secondary N) is 1. The zero-order valence-electron chi connectivity index (χ0n) is 10.6. The predicted molar refractivity (Wildman–Crippen MR) is 80.0 cm³/mol. The third kappa shape index (κ3) is 4.88. The van der Waals surface area contributed by atoms with Crippen molar-refractivity contribution in [2.24, 2.45) is 0 Å². The summed E-state index contributed by atoms with van der Waals surface area (Å²) in [6.45, 7) is 3.88. The van der Waals surface area contributed by atoms with Gasteiger partial charge >= 0.3 is 0 Å². The van der Waals surface area contributed by atoms with E-state index in [1.54, 1.807) is 12.1 Å². The summed E-state index contributed by atoms with van der Waals surface area (Å²) in [6, 6.07) is 9.56. The molecule has 1 saturated heterocycles. The molecule has 19 heavy (non-hydrogen) atoms. The fraction of sp³-hybridized carbons (Fsp3) is 0.462. The van der Waals surface area contributed by atoms with Gasteiger partial charge in [0.15, 0.2) is 0 Å². The Morgan fingerprint density at radius 2 is 1.79 bits per heavy atom. The van der Waals surface area contributed by atoms with Gasteiger partial charge in [0.2, 0.25) is 0 Å². The fourth-order valence-electron chi connectivity index (χ4n) is 2.23. The van der Waals surface area contributed by atoms with Crippen LogP contribution in [-0.4, -0.2) is 36.2 Å². The molecule has 0 aliphatic carbocycles. The van der Waals surface area contributed by atoms with E-state index in [9.17, 15) is 5.11 Å². The summed E-state index contributed by atoms with van der Waals surface area (Å²) in [4.78, 5) is 2.33. The van der Waals surface area contributed by atoms with E-state index in [-0.39, 0.29) is 36.6 Å².